The van der Waals surface area contributed by atoms with Crippen molar-refractivity contribution in [2.45, 2.75) is 225 Å². The molecule has 0 fully saturated rings. The molecule has 0 radical (unpaired) electrons. The first-order chi connectivity index (χ1) is 22.3. The minimum Gasteiger partial charge on any atom is -0.391 e. The Morgan fingerprint density at radius 3 is 1.39 bits per heavy atom. The maximum atomic E-state index is 12.4. The third-order valence-corrected chi connectivity index (χ3v) is 9.98. The maximum absolute atomic E-state index is 12.4. The van der Waals surface area contributed by atoms with Gasteiger partial charge in [-0.05, 0) is 32.1 Å². The number of aliphatic hydroxyl groups is 1. The lowest BCUT2D eigenvalue weighted by Crippen LogP contribution is -2.47. The molecule has 0 bridgehead atoms. The first kappa shape index (κ1) is 45.1. The normalized spacial score (nSPS) is 13.4. The average molecular weight is 672 g/mol. The molecule has 2 unspecified atom stereocenters. The monoisotopic (exact) mass is 672 g/mol. The van der Waals surface area contributed by atoms with Crippen LogP contribution in [0.15, 0.2) is 12.2 Å². The highest BCUT2D eigenvalue weighted by Crippen LogP contribution is 2.16. The van der Waals surface area contributed by atoms with Crippen molar-refractivity contribution in [1.29, 1.82) is 0 Å². The Hall–Kier alpha value is -0.920. The first-order valence-corrected chi connectivity index (χ1v) is 21.5. The molecule has 6 nitrogen and oxygen atoms in total. The Kier molecular flexibility index (Phi) is 33.3. The summed E-state index contributed by atoms with van der Waals surface area (Å²) in [4.78, 5) is 12.4. The molecule has 3 N–H and O–H groups in total. The number of unbranched alkanes of at least 4 members (excludes halogenated alkanes) is 26. The molecule has 0 heterocycles. The molecule has 0 aliphatic carbocycles. The van der Waals surface area contributed by atoms with E-state index in [2.05, 4.69) is 31.3 Å². The maximum Gasteiger partial charge on any atom is 0.266 e. The summed E-state index contributed by atoms with van der Waals surface area (Å²) in [6.07, 6.45) is 40.3. The molecule has 7 heteroatoms. The van der Waals surface area contributed by atoms with E-state index in [1.165, 1.54) is 122 Å². The fraction of sp³-hybridized carbons (Fsp3) is 0.923. The van der Waals surface area contributed by atoms with Gasteiger partial charge in [-0.15, -0.1) is 0 Å². The van der Waals surface area contributed by atoms with Crippen molar-refractivity contribution in [2.75, 3.05) is 5.75 Å². The number of hydrogen-bond donors (Lipinski definition) is 3. The number of amides is 1. The Labute approximate surface area is 286 Å². The molecule has 46 heavy (non-hydrogen) atoms. The van der Waals surface area contributed by atoms with Crippen LogP contribution in [0.25, 0.3) is 0 Å². The zero-order chi connectivity index (χ0) is 34.0. The van der Waals surface area contributed by atoms with E-state index in [0.717, 1.165) is 64.2 Å². The van der Waals surface area contributed by atoms with Crippen LogP contribution in [0.2, 0.25) is 0 Å². The molecule has 0 aromatic heterocycles. The summed E-state index contributed by atoms with van der Waals surface area (Å²) < 4.78 is 32.4. The van der Waals surface area contributed by atoms with Crippen LogP contribution in [-0.2, 0) is 14.9 Å². The SMILES string of the molecule is CCC/C=C\CCCCCCCC(=O)NC(CS(=O)(=O)O)C(O)CCCCCCCCCCCCCCCCCCCCCCC. The van der Waals surface area contributed by atoms with E-state index >= 15 is 0 Å². The smallest absolute Gasteiger partial charge is 0.266 e. The van der Waals surface area contributed by atoms with Gasteiger partial charge in [0.25, 0.3) is 10.1 Å². The van der Waals surface area contributed by atoms with Crippen molar-refractivity contribution >= 4 is 16.0 Å². The number of allylic oxidation sites excluding steroid dienone is 2. The standard InChI is InChI=1S/C39H77NO5S/c1-3-5-7-9-11-13-15-16-17-18-19-20-21-22-23-24-25-26-28-30-32-34-38(41)37(36-46(43,44)45)40-39(42)35-33-31-29-27-14-12-10-8-6-4-2/h8,10,37-38,41H,3-7,9,11-36H2,1-2H3,(H,40,42)(H,43,44,45)/b10-8-. The van der Waals surface area contributed by atoms with Crippen molar-refractivity contribution < 1.29 is 22.9 Å². The van der Waals surface area contributed by atoms with Crippen LogP contribution in [0.5, 0.6) is 0 Å². The Morgan fingerprint density at radius 2 is 0.957 bits per heavy atom. The highest BCUT2D eigenvalue weighted by atomic mass is 32.2. The quantitative estimate of drug-likeness (QED) is 0.0349. The minimum atomic E-state index is -4.30. The molecular weight excluding hydrogens is 594 g/mol. The van der Waals surface area contributed by atoms with Gasteiger partial charge in [-0.1, -0.05) is 187 Å². The zero-order valence-corrected chi connectivity index (χ0v) is 31.3. The average Bonchev–Trinajstić information content (AvgIpc) is 3.01. The van der Waals surface area contributed by atoms with E-state index in [1.807, 2.05) is 0 Å². The predicted molar refractivity (Wildman–Crippen MR) is 198 cm³/mol. The van der Waals surface area contributed by atoms with Gasteiger partial charge in [0.2, 0.25) is 5.91 Å². The first-order valence-electron chi connectivity index (χ1n) is 19.9. The number of hydrogen-bond acceptors (Lipinski definition) is 4. The van der Waals surface area contributed by atoms with E-state index in [4.69, 9.17) is 0 Å². The summed E-state index contributed by atoms with van der Waals surface area (Å²) in [6, 6.07) is -0.970. The lowest BCUT2D eigenvalue weighted by atomic mass is 10.0. The fourth-order valence-electron chi connectivity index (χ4n) is 6.22. The summed E-state index contributed by atoms with van der Waals surface area (Å²) in [7, 11) is -4.30. The predicted octanol–water partition coefficient (Wildman–Crippen LogP) is 11.4. The van der Waals surface area contributed by atoms with E-state index in [0.29, 0.717) is 12.8 Å². The molecule has 0 aromatic rings. The summed E-state index contributed by atoms with van der Waals surface area (Å²) in [5.41, 5.74) is 0. The molecule has 0 spiro atoms. The summed E-state index contributed by atoms with van der Waals surface area (Å²) in [5, 5.41) is 13.3. The third-order valence-electron chi connectivity index (χ3n) is 9.20. The van der Waals surface area contributed by atoms with Gasteiger partial charge in [-0.25, -0.2) is 0 Å². The van der Waals surface area contributed by atoms with E-state index in [9.17, 15) is 22.9 Å². The summed E-state index contributed by atoms with van der Waals surface area (Å²) >= 11 is 0. The lowest BCUT2D eigenvalue weighted by Gasteiger charge is -2.23. The van der Waals surface area contributed by atoms with Gasteiger partial charge in [0.1, 0.15) is 0 Å². The van der Waals surface area contributed by atoms with Crippen molar-refractivity contribution in [3.05, 3.63) is 12.2 Å². The van der Waals surface area contributed by atoms with Crippen LogP contribution >= 0.6 is 0 Å². The molecule has 1 amide bonds. The largest absolute Gasteiger partial charge is 0.391 e. The number of nitrogens with one attached hydrogen (secondary N) is 1. The Bertz CT molecular complexity index is 785. The Balaban J connectivity index is 3.78. The molecular formula is C39H77NO5S. The van der Waals surface area contributed by atoms with Gasteiger partial charge in [0.05, 0.1) is 17.9 Å². The van der Waals surface area contributed by atoms with Crippen LogP contribution in [-0.4, -0.2) is 41.9 Å². The van der Waals surface area contributed by atoms with Crippen LogP contribution in [0, 0.1) is 0 Å². The van der Waals surface area contributed by atoms with Gasteiger partial charge in [0.15, 0.2) is 0 Å². The van der Waals surface area contributed by atoms with Gasteiger partial charge in [0, 0.05) is 6.42 Å². The van der Waals surface area contributed by atoms with Crippen LogP contribution in [0.3, 0.4) is 0 Å². The molecule has 0 saturated heterocycles. The van der Waals surface area contributed by atoms with Crippen molar-refractivity contribution in [3.63, 3.8) is 0 Å². The molecule has 0 aliphatic heterocycles. The van der Waals surface area contributed by atoms with Crippen LogP contribution in [0.4, 0.5) is 0 Å². The number of aliphatic hydroxyl groups excluding tert-OH is 1. The zero-order valence-electron chi connectivity index (χ0n) is 30.5. The third kappa shape index (κ3) is 34.4. The van der Waals surface area contributed by atoms with Gasteiger partial charge in [-0.2, -0.15) is 8.42 Å². The van der Waals surface area contributed by atoms with Crippen molar-refractivity contribution in [3.8, 4) is 0 Å². The van der Waals surface area contributed by atoms with Gasteiger partial charge < -0.3 is 10.4 Å². The van der Waals surface area contributed by atoms with Crippen molar-refractivity contribution in [2.24, 2.45) is 0 Å². The fourth-order valence-corrected chi connectivity index (χ4v) is 6.98. The van der Waals surface area contributed by atoms with E-state index < -0.39 is 28.0 Å². The number of rotatable bonds is 36. The van der Waals surface area contributed by atoms with E-state index in [-0.39, 0.29) is 5.91 Å². The van der Waals surface area contributed by atoms with Gasteiger partial charge >= 0.3 is 0 Å². The topological polar surface area (TPSA) is 104 Å². The lowest BCUT2D eigenvalue weighted by molar-refractivity contribution is -0.122. The van der Waals surface area contributed by atoms with E-state index in [1.54, 1.807) is 0 Å². The molecule has 274 valence electrons. The minimum absolute atomic E-state index is 0.256. The molecule has 0 aliphatic rings. The number of carbonyl (C=O) groups excluding carboxylic acids is 1. The molecule has 0 aromatic carbocycles. The second-order valence-electron chi connectivity index (χ2n) is 13.9. The summed E-state index contributed by atoms with van der Waals surface area (Å²) in [5.74, 6) is -0.904. The van der Waals surface area contributed by atoms with Gasteiger partial charge in [-0.3, -0.25) is 9.35 Å². The van der Waals surface area contributed by atoms with Crippen molar-refractivity contribution in [1.82, 2.24) is 5.32 Å². The second kappa shape index (κ2) is 34.0. The molecule has 0 rings (SSSR count). The summed E-state index contributed by atoms with van der Waals surface area (Å²) in [6.45, 7) is 4.46. The highest BCUT2D eigenvalue weighted by Gasteiger charge is 2.26. The number of carbonyl (C=O) groups is 1. The second-order valence-corrected chi connectivity index (χ2v) is 15.4. The molecule has 0 saturated carbocycles. The van der Waals surface area contributed by atoms with Crippen LogP contribution in [0.1, 0.15) is 213 Å². The molecule has 2 atom stereocenters. The van der Waals surface area contributed by atoms with Crippen LogP contribution < -0.4 is 5.32 Å². The Morgan fingerprint density at radius 1 is 0.565 bits per heavy atom. The highest BCUT2D eigenvalue weighted by molar-refractivity contribution is 7.85.